The fourth-order valence-corrected chi connectivity index (χ4v) is 1.67. The molecule has 1 heterocycles. The zero-order valence-corrected chi connectivity index (χ0v) is 12.6. The summed E-state index contributed by atoms with van der Waals surface area (Å²) in [6, 6.07) is 0. The molecule has 0 spiro atoms. The van der Waals surface area contributed by atoms with Crippen LogP contribution in [0.4, 0.5) is 11.5 Å². The number of aromatic nitrogens is 2. The molecule has 1 aromatic rings. The number of hydrogen-bond acceptors (Lipinski definition) is 7. The van der Waals surface area contributed by atoms with Gasteiger partial charge in [-0.1, -0.05) is 0 Å². The smallest absolute Gasteiger partial charge is 0.242 e. The van der Waals surface area contributed by atoms with Crippen molar-refractivity contribution in [3.8, 4) is 5.88 Å². The summed E-state index contributed by atoms with van der Waals surface area (Å²) in [6.45, 7) is 6.34. The molecular formula is C13H24N4O3. The topological polar surface area (TPSA) is 82.7 Å². The van der Waals surface area contributed by atoms with Gasteiger partial charge in [-0.3, -0.25) is 0 Å². The van der Waals surface area contributed by atoms with Gasteiger partial charge in [0.2, 0.25) is 5.88 Å². The van der Waals surface area contributed by atoms with Crippen molar-refractivity contribution in [3.63, 3.8) is 0 Å². The van der Waals surface area contributed by atoms with Gasteiger partial charge in [0.1, 0.15) is 12.0 Å². The lowest BCUT2D eigenvalue weighted by Crippen LogP contribution is -2.32. The van der Waals surface area contributed by atoms with Crippen LogP contribution in [0.3, 0.4) is 0 Å². The van der Waals surface area contributed by atoms with Gasteiger partial charge in [-0.2, -0.15) is 4.98 Å². The van der Waals surface area contributed by atoms with E-state index in [1.165, 1.54) is 6.33 Å². The van der Waals surface area contributed by atoms with Crippen molar-refractivity contribution in [3.05, 3.63) is 6.33 Å². The molecule has 7 nitrogen and oxygen atoms in total. The Bertz CT molecular complexity index is 393. The summed E-state index contributed by atoms with van der Waals surface area (Å²) in [6.07, 6.45) is 1.46. The first kappa shape index (κ1) is 16.5. The summed E-state index contributed by atoms with van der Waals surface area (Å²) in [5, 5.41) is 0. The Morgan fingerprint density at radius 3 is 2.25 bits per heavy atom. The maximum Gasteiger partial charge on any atom is 0.242 e. The zero-order chi connectivity index (χ0) is 15.0. The number of methoxy groups -OCH3 is 2. The van der Waals surface area contributed by atoms with Crippen LogP contribution in [0, 0.1) is 0 Å². The average molecular weight is 284 g/mol. The van der Waals surface area contributed by atoms with E-state index in [0.717, 1.165) is 0 Å². The molecule has 0 unspecified atom stereocenters. The van der Waals surface area contributed by atoms with Crippen molar-refractivity contribution in [2.24, 2.45) is 0 Å². The zero-order valence-electron chi connectivity index (χ0n) is 12.6. The first-order valence-corrected chi connectivity index (χ1v) is 6.60. The van der Waals surface area contributed by atoms with Gasteiger partial charge in [-0.15, -0.1) is 0 Å². The molecule has 0 saturated carbocycles. The van der Waals surface area contributed by atoms with Gasteiger partial charge >= 0.3 is 0 Å². The normalized spacial score (nSPS) is 10.8. The molecule has 0 aliphatic carbocycles. The van der Waals surface area contributed by atoms with Crippen LogP contribution < -0.4 is 15.4 Å². The average Bonchev–Trinajstić information content (AvgIpc) is 2.41. The largest absolute Gasteiger partial charge is 0.473 e. The Kier molecular flexibility index (Phi) is 7.03. The number of nitrogens with two attached hydrogens (primary N) is 1. The molecular weight excluding hydrogens is 260 g/mol. The summed E-state index contributed by atoms with van der Waals surface area (Å²) < 4.78 is 15.8. The van der Waals surface area contributed by atoms with Crippen LogP contribution in [-0.2, 0) is 9.47 Å². The van der Waals surface area contributed by atoms with E-state index in [9.17, 15) is 0 Å². The van der Waals surface area contributed by atoms with E-state index in [1.807, 2.05) is 18.7 Å². The van der Waals surface area contributed by atoms with E-state index in [2.05, 4.69) is 9.97 Å². The quantitative estimate of drug-likeness (QED) is 0.722. The third-order valence-electron chi connectivity index (χ3n) is 2.60. The Morgan fingerprint density at radius 2 is 1.75 bits per heavy atom. The van der Waals surface area contributed by atoms with E-state index in [-0.39, 0.29) is 6.10 Å². The lowest BCUT2D eigenvalue weighted by Gasteiger charge is -2.25. The standard InChI is InChI=1S/C13H24N4O3/c1-10(2)20-13-11(14)12(15-9-16-13)17(5-7-18-3)6-8-19-4/h9-10H,5-8,14H2,1-4H3. The second kappa shape index (κ2) is 8.55. The van der Waals surface area contributed by atoms with Gasteiger partial charge in [-0.25, -0.2) is 4.98 Å². The molecule has 2 N–H and O–H groups in total. The minimum Gasteiger partial charge on any atom is -0.473 e. The van der Waals surface area contributed by atoms with Gasteiger partial charge in [0.25, 0.3) is 0 Å². The minimum atomic E-state index is 0.00597. The molecule has 1 rings (SSSR count). The maximum atomic E-state index is 6.10. The second-order valence-corrected chi connectivity index (χ2v) is 4.56. The van der Waals surface area contributed by atoms with E-state index in [1.54, 1.807) is 14.2 Å². The highest BCUT2D eigenvalue weighted by Gasteiger charge is 2.16. The van der Waals surface area contributed by atoms with Crippen LogP contribution in [-0.4, -0.2) is 56.6 Å². The first-order valence-electron chi connectivity index (χ1n) is 6.60. The van der Waals surface area contributed by atoms with Crippen LogP contribution >= 0.6 is 0 Å². The number of rotatable bonds is 9. The Hall–Kier alpha value is -1.60. The van der Waals surface area contributed by atoms with Gasteiger partial charge in [0, 0.05) is 27.3 Å². The fourth-order valence-electron chi connectivity index (χ4n) is 1.67. The van der Waals surface area contributed by atoms with Crippen LogP contribution in [0.15, 0.2) is 6.33 Å². The molecule has 0 radical (unpaired) electrons. The molecule has 7 heteroatoms. The molecule has 0 aliphatic rings. The summed E-state index contributed by atoms with van der Waals surface area (Å²) in [5.41, 5.74) is 6.54. The van der Waals surface area contributed by atoms with E-state index >= 15 is 0 Å². The molecule has 0 aliphatic heterocycles. The Labute approximate surface area is 120 Å². The molecule has 0 bridgehead atoms. The lowest BCUT2D eigenvalue weighted by molar-refractivity contribution is 0.190. The summed E-state index contributed by atoms with van der Waals surface area (Å²) in [4.78, 5) is 10.3. The monoisotopic (exact) mass is 284 g/mol. The van der Waals surface area contributed by atoms with Crippen molar-refractivity contribution < 1.29 is 14.2 Å². The van der Waals surface area contributed by atoms with E-state index in [0.29, 0.717) is 43.7 Å². The number of anilines is 2. The first-order chi connectivity index (χ1) is 9.60. The Balaban J connectivity index is 2.93. The van der Waals surface area contributed by atoms with Gasteiger partial charge in [-0.05, 0) is 13.8 Å². The third-order valence-corrected chi connectivity index (χ3v) is 2.60. The number of nitrogen functional groups attached to an aromatic ring is 1. The molecule has 20 heavy (non-hydrogen) atoms. The molecule has 0 aromatic carbocycles. The lowest BCUT2D eigenvalue weighted by atomic mass is 10.3. The van der Waals surface area contributed by atoms with Crippen molar-refractivity contribution in [2.75, 3.05) is 51.2 Å². The highest BCUT2D eigenvalue weighted by atomic mass is 16.5. The van der Waals surface area contributed by atoms with E-state index in [4.69, 9.17) is 19.9 Å². The second-order valence-electron chi connectivity index (χ2n) is 4.56. The van der Waals surface area contributed by atoms with Crippen molar-refractivity contribution >= 4 is 11.5 Å². The fraction of sp³-hybridized carbons (Fsp3) is 0.692. The van der Waals surface area contributed by atoms with Crippen molar-refractivity contribution in [2.45, 2.75) is 20.0 Å². The van der Waals surface area contributed by atoms with Gasteiger partial charge in [0.05, 0.1) is 19.3 Å². The summed E-state index contributed by atoms with van der Waals surface area (Å²) in [5.74, 6) is 1.05. The molecule has 1 aromatic heterocycles. The molecule has 114 valence electrons. The summed E-state index contributed by atoms with van der Waals surface area (Å²) in [7, 11) is 3.32. The van der Waals surface area contributed by atoms with Crippen LogP contribution in [0.5, 0.6) is 5.88 Å². The van der Waals surface area contributed by atoms with Crippen LogP contribution in [0.2, 0.25) is 0 Å². The molecule has 0 amide bonds. The minimum absolute atomic E-state index is 0.00597. The van der Waals surface area contributed by atoms with Crippen molar-refractivity contribution in [1.82, 2.24) is 9.97 Å². The highest BCUT2D eigenvalue weighted by molar-refractivity contribution is 5.67. The van der Waals surface area contributed by atoms with Crippen LogP contribution in [0.25, 0.3) is 0 Å². The predicted octanol–water partition coefficient (Wildman–Crippen LogP) is 0.945. The SMILES string of the molecule is COCCN(CCOC)c1ncnc(OC(C)C)c1N. The number of nitrogens with zero attached hydrogens (tertiary/aromatic N) is 3. The van der Waals surface area contributed by atoms with Gasteiger partial charge < -0.3 is 24.8 Å². The van der Waals surface area contributed by atoms with Crippen molar-refractivity contribution in [1.29, 1.82) is 0 Å². The summed E-state index contributed by atoms with van der Waals surface area (Å²) >= 11 is 0. The maximum absolute atomic E-state index is 6.10. The Morgan fingerprint density at radius 1 is 1.15 bits per heavy atom. The molecule has 0 fully saturated rings. The third kappa shape index (κ3) is 4.82. The molecule has 0 saturated heterocycles. The molecule has 0 atom stereocenters. The predicted molar refractivity (Wildman–Crippen MR) is 78.2 cm³/mol. The van der Waals surface area contributed by atoms with Crippen LogP contribution in [0.1, 0.15) is 13.8 Å². The number of ether oxygens (including phenoxy) is 3. The van der Waals surface area contributed by atoms with E-state index < -0.39 is 0 Å². The highest BCUT2D eigenvalue weighted by Crippen LogP contribution is 2.28. The van der Waals surface area contributed by atoms with Gasteiger partial charge in [0.15, 0.2) is 5.82 Å². The number of hydrogen-bond donors (Lipinski definition) is 1.